The average Bonchev–Trinajstić information content (AvgIpc) is 3.25. The second kappa shape index (κ2) is 50.2. The van der Waals surface area contributed by atoms with Crippen molar-refractivity contribution >= 4 is 5.91 Å². The number of aliphatic hydroxyl groups excluding tert-OH is 3. The molecule has 3 unspecified atom stereocenters. The second-order valence-electron chi connectivity index (χ2n) is 18.4. The molecular weight excluding hydrogens is 739 g/mol. The Hall–Kier alpha value is -1.43. The van der Waals surface area contributed by atoms with Crippen molar-refractivity contribution in [1.82, 2.24) is 5.32 Å². The first-order valence-corrected chi connectivity index (χ1v) is 26.8. The van der Waals surface area contributed by atoms with Gasteiger partial charge in [0.2, 0.25) is 5.91 Å². The molecule has 0 heterocycles. The summed E-state index contributed by atoms with van der Waals surface area (Å²) in [5.74, 6) is -0.501. The van der Waals surface area contributed by atoms with Crippen LogP contribution < -0.4 is 5.32 Å². The van der Waals surface area contributed by atoms with E-state index in [0.29, 0.717) is 6.42 Å². The second-order valence-corrected chi connectivity index (χ2v) is 18.4. The van der Waals surface area contributed by atoms with Crippen molar-refractivity contribution < 1.29 is 20.1 Å². The maximum atomic E-state index is 12.5. The Kier molecular flexibility index (Phi) is 49.0. The monoisotopic (exact) mass is 844 g/mol. The van der Waals surface area contributed by atoms with Gasteiger partial charge in [0.05, 0.1) is 18.8 Å². The van der Waals surface area contributed by atoms with Crippen molar-refractivity contribution in [3.05, 3.63) is 36.5 Å². The molecule has 0 aliphatic carbocycles. The maximum Gasteiger partial charge on any atom is 0.249 e. The minimum absolute atomic E-state index is 0.362. The molecule has 3 atom stereocenters. The molecule has 5 heteroatoms. The minimum Gasteiger partial charge on any atom is -0.394 e. The van der Waals surface area contributed by atoms with Gasteiger partial charge in [-0.3, -0.25) is 4.79 Å². The minimum atomic E-state index is -1.10. The fourth-order valence-electron chi connectivity index (χ4n) is 8.28. The van der Waals surface area contributed by atoms with E-state index in [4.69, 9.17) is 0 Å². The summed E-state index contributed by atoms with van der Waals surface area (Å²) in [6, 6.07) is -0.797. The Morgan fingerprint density at radius 1 is 0.417 bits per heavy atom. The quantitative estimate of drug-likeness (QED) is 0.0363. The topological polar surface area (TPSA) is 89.8 Å². The summed E-state index contributed by atoms with van der Waals surface area (Å²) >= 11 is 0. The molecule has 0 spiro atoms. The molecule has 0 aliphatic heterocycles. The van der Waals surface area contributed by atoms with Gasteiger partial charge in [0.15, 0.2) is 0 Å². The molecule has 0 aromatic rings. The molecule has 4 N–H and O–H groups in total. The van der Waals surface area contributed by atoms with Gasteiger partial charge in [-0.05, 0) is 51.4 Å². The van der Waals surface area contributed by atoms with Crippen LogP contribution in [0.25, 0.3) is 0 Å². The van der Waals surface area contributed by atoms with Crippen molar-refractivity contribution in [2.45, 2.75) is 302 Å². The number of carbonyl (C=O) groups excluding carboxylic acids is 1. The van der Waals surface area contributed by atoms with Gasteiger partial charge in [0.25, 0.3) is 0 Å². The van der Waals surface area contributed by atoms with Gasteiger partial charge in [0.1, 0.15) is 6.10 Å². The lowest BCUT2D eigenvalue weighted by Crippen LogP contribution is -2.48. The van der Waals surface area contributed by atoms with Crippen LogP contribution in [0.5, 0.6) is 0 Å². The maximum absolute atomic E-state index is 12.5. The molecule has 0 bridgehead atoms. The largest absolute Gasteiger partial charge is 0.394 e. The van der Waals surface area contributed by atoms with Crippen molar-refractivity contribution in [3.8, 4) is 0 Å². The summed E-state index contributed by atoms with van der Waals surface area (Å²) in [6.07, 6.45) is 65.0. The molecule has 0 rings (SSSR count). The summed E-state index contributed by atoms with van der Waals surface area (Å²) < 4.78 is 0. The molecule has 354 valence electrons. The highest BCUT2D eigenvalue weighted by atomic mass is 16.3. The number of hydrogen-bond acceptors (Lipinski definition) is 4. The predicted molar refractivity (Wildman–Crippen MR) is 264 cm³/mol. The molecule has 0 aromatic heterocycles. The van der Waals surface area contributed by atoms with E-state index in [1.807, 2.05) is 6.08 Å². The van der Waals surface area contributed by atoms with Crippen molar-refractivity contribution in [2.24, 2.45) is 0 Å². The van der Waals surface area contributed by atoms with Gasteiger partial charge in [-0.2, -0.15) is 0 Å². The van der Waals surface area contributed by atoms with E-state index in [0.717, 1.165) is 38.5 Å². The fraction of sp³-hybridized carbons (Fsp3) is 0.873. The van der Waals surface area contributed by atoms with Gasteiger partial charge in [-0.15, -0.1) is 0 Å². The predicted octanol–water partition coefficient (Wildman–Crippen LogP) is 16.3. The standard InChI is InChI=1S/C55H105NO4/c1-3-5-7-9-11-13-15-17-19-21-22-23-24-25-26-27-28-29-30-31-32-33-34-36-38-40-42-44-46-48-50-54(59)55(60)56-52(51-57)53(58)49-47-45-43-41-39-37-35-20-18-16-14-12-10-8-6-4-2/h22-23,25-26,47,49,52-54,57-59H,3-21,24,27-46,48,50-51H2,1-2H3,(H,56,60)/b23-22-,26-25-,49-47+. The molecule has 0 aromatic carbocycles. The summed E-state index contributed by atoms with van der Waals surface area (Å²) in [5.41, 5.74) is 0. The first-order valence-electron chi connectivity index (χ1n) is 26.8. The van der Waals surface area contributed by atoms with Crippen LogP contribution in [0.3, 0.4) is 0 Å². The van der Waals surface area contributed by atoms with E-state index in [-0.39, 0.29) is 6.61 Å². The van der Waals surface area contributed by atoms with Crippen LogP contribution in [0.4, 0.5) is 0 Å². The smallest absolute Gasteiger partial charge is 0.249 e. The van der Waals surface area contributed by atoms with Crippen molar-refractivity contribution in [3.63, 3.8) is 0 Å². The summed E-state index contributed by atoms with van der Waals surface area (Å²) in [7, 11) is 0. The number of aliphatic hydroxyl groups is 3. The van der Waals surface area contributed by atoms with E-state index in [1.165, 1.54) is 225 Å². The third-order valence-corrected chi connectivity index (χ3v) is 12.5. The van der Waals surface area contributed by atoms with Crippen LogP contribution >= 0.6 is 0 Å². The van der Waals surface area contributed by atoms with Gasteiger partial charge in [0, 0.05) is 0 Å². The van der Waals surface area contributed by atoms with Crippen molar-refractivity contribution in [1.29, 1.82) is 0 Å². The summed E-state index contributed by atoms with van der Waals surface area (Å²) in [5, 5.41) is 33.3. The summed E-state index contributed by atoms with van der Waals surface area (Å²) in [4.78, 5) is 12.5. The number of nitrogens with one attached hydrogen (secondary N) is 1. The normalized spacial score (nSPS) is 13.6. The molecule has 60 heavy (non-hydrogen) atoms. The van der Waals surface area contributed by atoms with E-state index in [1.54, 1.807) is 6.08 Å². The number of amides is 1. The Morgan fingerprint density at radius 3 is 1.05 bits per heavy atom. The molecule has 0 radical (unpaired) electrons. The SMILES string of the molecule is CCCCCCCCCCC/C=C\C/C=C\CCCCCCCCCCCCCCCCC(O)C(=O)NC(CO)C(O)/C=C/CCCCCCCCCCCCCCCC. The zero-order chi connectivity index (χ0) is 43.7. The first-order chi connectivity index (χ1) is 29.6. The average molecular weight is 844 g/mol. The Balaban J connectivity index is 3.56. The van der Waals surface area contributed by atoms with Crippen LogP contribution in [-0.2, 0) is 4.79 Å². The molecule has 1 amide bonds. The van der Waals surface area contributed by atoms with E-state index in [2.05, 4.69) is 43.5 Å². The molecule has 0 saturated heterocycles. The van der Waals surface area contributed by atoms with Crippen LogP contribution in [0.1, 0.15) is 284 Å². The lowest BCUT2D eigenvalue weighted by molar-refractivity contribution is -0.131. The fourth-order valence-corrected chi connectivity index (χ4v) is 8.28. The van der Waals surface area contributed by atoms with E-state index < -0.39 is 24.2 Å². The molecule has 0 saturated carbocycles. The number of carbonyl (C=O) groups is 1. The van der Waals surface area contributed by atoms with Gasteiger partial charge < -0.3 is 20.6 Å². The Bertz CT molecular complexity index is 931. The van der Waals surface area contributed by atoms with Crippen molar-refractivity contribution in [2.75, 3.05) is 6.61 Å². The van der Waals surface area contributed by atoms with E-state index in [9.17, 15) is 20.1 Å². The molecule has 5 nitrogen and oxygen atoms in total. The number of unbranched alkanes of at least 4 members (excludes halogenated alkanes) is 37. The summed E-state index contributed by atoms with van der Waals surface area (Å²) in [6.45, 7) is 4.20. The van der Waals surface area contributed by atoms with Crippen LogP contribution in [0.2, 0.25) is 0 Å². The third-order valence-electron chi connectivity index (χ3n) is 12.5. The highest BCUT2D eigenvalue weighted by molar-refractivity contribution is 5.80. The Morgan fingerprint density at radius 2 is 0.717 bits per heavy atom. The highest BCUT2D eigenvalue weighted by Gasteiger charge is 2.22. The first kappa shape index (κ1) is 58.6. The lowest BCUT2D eigenvalue weighted by atomic mass is 10.0. The zero-order valence-corrected chi connectivity index (χ0v) is 40.4. The number of rotatable bonds is 49. The Labute approximate surface area is 374 Å². The highest BCUT2D eigenvalue weighted by Crippen LogP contribution is 2.16. The molecule has 0 aliphatic rings. The van der Waals surface area contributed by atoms with Gasteiger partial charge >= 0.3 is 0 Å². The number of hydrogen-bond donors (Lipinski definition) is 4. The van der Waals surface area contributed by atoms with Crippen LogP contribution in [0, 0.1) is 0 Å². The number of allylic oxidation sites excluding steroid dienone is 5. The molecular formula is C55H105NO4. The van der Waals surface area contributed by atoms with Crippen LogP contribution in [0.15, 0.2) is 36.5 Å². The zero-order valence-electron chi connectivity index (χ0n) is 40.4. The van der Waals surface area contributed by atoms with Gasteiger partial charge in [-0.25, -0.2) is 0 Å². The van der Waals surface area contributed by atoms with Crippen LogP contribution in [-0.4, -0.2) is 46.1 Å². The van der Waals surface area contributed by atoms with Gasteiger partial charge in [-0.1, -0.05) is 269 Å². The third kappa shape index (κ3) is 44.6. The lowest BCUT2D eigenvalue weighted by Gasteiger charge is -2.21. The molecule has 0 fully saturated rings. The van der Waals surface area contributed by atoms with E-state index >= 15 is 0 Å².